The van der Waals surface area contributed by atoms with Crippen LogP contribution in [-0.4, -0.2) is 83.0 Å². The molecule has 0 aromatic heterocycles. The zero-order valence-electron chi connectivity index (χ0n) is 23.3. The lowest BCUT2D eigenvalue weighted by atomic mass is 9.85. The van der Waals surface area contributed by atoms with E-state index < -0.39 is 46.1 Å². The van der Waals surface area contributed by atoms with Gasteiger partial charge in [0.2, 0.25) is 17.7 Å². The van der Waals surface area contributed by atoms with Crippen LogP contribution in [0.5, 0.6) is 0 Å². The number of amides is 6. The summed E-state index contributed by atoms with van der Waals surface area (Å²) >= 11 is 4.35. The summed E-state index contributed by atoms with van der Waals surface area (Å²) in [6.45, 7) is 12.7. The largest absolute Gasteiger partial charge is 0.357 e. The van der Waals surface area contributed by atoms with Gasteiger partial charge in [0.05, 0.1) is 5.25 Å². The average molecular weight is 602 g/mol. The Balaban J connectivity index is -0.00000385. The Labute approximate surface area is 247 Å². The monoisotopic (exact) mass is 601 g/mol. The van der Waals surface area contributed by atoms with Gasteiger partial charge in [0.1, 0.15) is 17.6 Å². The van der Waals surface area contributed by atoms with Gasteiger partial charge in [-0.2, -0.15) is 53.1 Å². The third kappa shape index (κ3) is 10.4. The van der Waals surface area contributed by atoms with Gasteiger partial charge in [-0.1, -0.05) is 34.6 Å². The normalized spacial score (nSPS) is 17.1. The summed E-state index contributed by atoms with van der Waals surface area (Å²) in [6.07, 6.45) is 0.500. The first-order chi connectivity index (χ1) is 15.4. The van der Waals surface area contributed by atoms with E-state index in [1.54, 1.807) is 20.9 Å². The minimum Gasteiger partial charge on any atom is -0.357 e. The van der Waals surface area contributed by atoms with Gasteiger partial charge in [0, 0.05) is 20.6 Å². The summed E-state index contributed by atoms with van der Waals surface area (Å²) in [7, 11) is 3.06. The molecule has 1 aliphatic heterocycles. The number of hydrogen-bond acceptors (Lipinski definition) is 6. The molecule has 0 bridgehead atoms. The van der Waals surface area contributed by atoms with E-state index in [-0.39, 0.29) is 71.2 Å². The van der Waals surface area contributed by atoms with E-state index >= 15 is 0 Å². The third-order valence-corrected chi connectivity index (χ3v) is 6.55. The fourth-order valence-corrected chi connectivity index (χ4v) is 3.78. The topological polar surface area (TPSA) is 128 Å². The second kappa shape index (κ2) is 16.0. The molecule has 3 N–H and O–H groups in total. The number of nitrogens with zero attached hydrogens (tertiary/aromatic N) is 2. The molecule has 0 aromatic carbocycles. The number of carbonyl (C=O) groups excluding carboxylic acids is 5. The highest BCUT2D eigenvalue weighted by Gasteiger charge is 2.49. The van der Waals surface area contributed by atoms with Crippen LogP contribution in [0.4, 0.5) is 4.79 Å². The van der Waals surface area contributed by atoms with Crippen LogP contribution >= 0.6 is 53.1 Å². The van der Waals surface area contributed by atoms with Gasteiger partial charge in [-0.15, -0.1) is 0 Å². The first-order valence-electron chi connectivity index (χ1n) is 11.5. The molecule has 1 fully saturated rings. The van der Waals surface area contributed by atoms with Gasteiger partial charge in [0.25, 0.3) is 5.91 Å². The highest BCUT2D eigenvalue weighted by molar-refractivity contribution is 7.81. The zero-order chi connectivity index (χ0) is 26.6. The van der Waals surface area contributed by atoms with Crippen molar-refractivity contribution in [3.8, 4) is 0 Å². The number of hydrogen-bond donors (Lipinski definition) is 4. The van der Waals surface area contributed by atoms with E-state index in [0.717, 1.165) is 4.90 Å². The molecule has 37 heavy (non-hydrogen) atoms. The molecule has 1 aliphatic rings. The Bertz CT molecular complexity index is 820. The number of imide groups is 1. The van der Waals surface area contributed by atoms with Crippen LogP contribution in [0.3, 0.4) is 0 Å². The second-order valence-electron chi connectivity index (χ2n) is 10.8. The van der Waals surface area contributed by atoms with E-state index in [4.69, 9.17) is 0 Å². The predicted molar refractivity (Wildman–Crippen MR) is 164 cm³/mol. The minimum absolute atomic E-state index is 0. The maximum absolute atomic E-state index is 13.0. The fourth-order valence-electron chi connectivity index (χ4n) is 3.59. The van der Waals surface area contributed by atoms with Crippen LogP contribution in [-0.2, 0) is 19.2 Å². The summed E-state index contributed by atoms with van der Waals surface area (Å²) < 4.78 is 0. The predicted octanol–water partition coefficient (Wildman–Crippen LogP) is 1.49. The SMILES string of the molecule is CNC(=O)[C@@H](NC(=O)[C@H](CC(C)C)NC(=O)[C@@H](S)CCN1C(=O)N(C)C(C)(C)C1=O)C(C)(C)C.S.S.S. The summed E-state index contributed by atoms with van der Waals surface area (Å²) in [5, 5.41) is 7.21. The molecule has 14 heteroatoms. The molecule has 218 valence electrons. The Hall–Kier alpha value is -1.25. The standard InChI is InChI=1S/C23H41N5O5S.3H2S/c1-13(2)12-14(17(29)26-16(19(31)24-8)22(3,4)5)25-18(30)15(34)10-11-28-20(32)23(6,7)27(9)21(28)33;;;/h13-16,34H,10-12H2,1-9H3,(H,24,31)(H,25,30)(H,26,29);3*1H2/t14-,15-,16+;;;/m0.../s1. The molecule has 0 spiro atoms. The van der Waals surface area contributed by atoms with Crippen molar-refractivity contribution in [1.82, 2.24) is 25.8 Å². The van der Waals surface area contributed by atoms with Gasteiger partial charge in [0.15, 0.2) is 0 Å². The first-order valence-corrected chi connectivity index (χ1v) is 12.1. The molecule has 6 amide bonds. The lowest BCUT2D eigenvalue weighted by molar-refractivity contribution is -0.134. The van der Waals surface area contributed by atoms with Gasteiger partial charge < -0.3 is 20.9 Å². The first kappa shape index (κ1) is 40.2. The third-order valence-electron chi connectivity index (χ3n) is 6.05. The van der Waals surface area contributed by atoms with Crippen LogP contribution in [0.25, 0.3) is 0 Å². The van der Waals surface area contributed by atoms with E-state index in [2.05, 4.69) is 28.6 Å². The minimum atomic E-state index is -0.944. The number of rotatable bonds is 10. The van der Waals surface area contributed by atoms with Crippen molar-refractivity contribution in [1.29, 1.82) is 0 Å². The number of carbonyl (C=O) groups is 5. The number of thiol groups is 1. The number of urea groups is 1. The quantitative estimate of drug-likeness (QED) is 0.223. The molecule has 0 aromatic rings. The molecule has 0 radical (unpaired) electrons. The summed E-state index contributed by atoms with van der Waals surface area (Å²) in [6, 6.07) is -2.07. The molecule has 10 nitrogen and oxygen atoms in total. The molecule has 0 unspecified atom stereocenters. The van der Waals surface area contributed by atoms with Crippen LogP contribution in [0, 0.1) is 11.3 Å². The Morgan fingerprint density at radius 2 is 1.49 bits per heavy atom. The van der Waals surface area contributed by atoms with Crippen molar-refractivity contribution >= 4 is 82.8 Å². The van der Waals surface area contributed by atoms with Crippen LogP contribution in [0.1, 0.15) is 61.3 Å². The maximum atomic E-state index is 13.0. The van der Waals surface area contributed by atoms with Crippen molar-refractivity contribution in [3.05, 3.63) is 0 Å². The van der Waals surface area contributed by atoms with Crippen molar-refractivity contribution in [2.45, 2.75) is 84.2 Å². The average Bonchev–Trinajstić information content (AvgIpc) is 2.87. The van der Waals surface area contributed by atoms with Crippen molar-refractivity contribution in [2.75, 3.05) is 20.6 Å². The van der Waals surface area contributed by atoms with Crippen molar-refractivity contribution in [2.24, 2.45) is 11.3 Å². The lowest BCUT2D eigenvalue weighted by Crippen LogP contribution is -2.58. The molecule has 3 atom stereocenters. The molecule has 0 aliphatic carbocycles. The molecular formula is C23H47N5O5S4. The van der Waals surface area contributed by atoms with E-state index in [0.29, 0.717) is 6.42 Å². The second-order valence-corrected chi connectivity index (χ2v) is 11.4. The molecule has 1 heterocycles. The Kier molecular flexibility index (Phi) is 17.4. The van der Waals surface area contributed by atoms with Crippen LogP contribution in [0.2, 0.25) is 0 Å². The summed E-state index contributed by atoms with van der Waals surface area (Å²) in [5.74, 6) is -1.50. The Morgan fingerprint density at radius 1 is 0.973 bits per heavy atom. The van der Waals surface area contributed by atoms with Crippen molar-refractivity contribution in [3.63, 3.8) is 0 Å². The number of likely N-dealkylation sites (N-methyl/N-ethyl adjacent to an activating group) is 2. The molecule has 1 rings (SSSR count). The van der Waals surface area contributed by atoms with E-state index in [1.807, 2.05) is 34.6 Å². The molecular weight excluding hydrogens is 555 g/mol. The maximum Gasteiger partial charge on any atom is 0.327 e. The van der Waals surface area contributed by atoms with Gasteiger partial charge in [-0.3, -0.25) is 24.1 Å². The smallest absolute Gasteiger partial charge is 0.327 e. The van der Waals surface area contributed by atoms with Gasteiger partial charge in [-0.25, -0.2) is 4.79 Å². The van der Waals surface area contributed by atoms with E-state index in [1.165, 1.54) is 11.9 Å². The fraction of sp³-hybridized carbons (Fsp3) is 0.783. The zero-order valence-corrected chi connectivity index (χ0v) is 27.2. The van der Waals surface area contributed by atoms with Gasteiger partial charge in [-0.05, 0) is 38.0 Å². The summed E-state index contributed by atoms with van der Waals surface area (Å²) in [5.41, 5.74) is -1.48. The van der Waals surface area contributed by atoms with Crippen LogP contribution < -0.4 is 16.0 Å². The summed E-state index contributed by atoms with van der Waals surface area (Å²) in [4.78, 5) is 65.6. The van der Waals surface area contributed by atoms with Crippen LogP contribution in [0.15, 0.2) is 0 Å². The molecule has 0 saturated carbocycles. The highest BCUT2D eigenvalue weighted by atomic mass is 32.1. The highest BCUT2D eigenvalue weighted by Crippen LogP contribution is 2.26. The molecule has 1 saturated heterocycles. The van der Waals surface area contributed by atoms with Gasteiger partial charge >= 0.3 is 6.03 Å². The van der Waals surface area contributed by atoms with E-state index in [9.17, 15) is 24.0 Å². The lowest BCUT2D eigenvalue weighted by Gasteiger charge is -2.32. The Morgan fingerprint density at radius 3 is 1.86 bits per heavy atom. The number of nitrogens with one attached hydrogen (secondary N) is 3. The van der Waals surface area contributed by atoms with Crippen molar-refractivity contribution < 1.29 is 24.0 Å².